The smallest absolute Gasteiger partial charge is 0.229 e. The van der Waals surface area contributed by atoms with Gasteiger partial charge in [0.25, 0.3) is 0 Å². The average molecular weight is 494 g/mol. The van der Waals surface area contributed by atoms with Crippen LogP contribution in [0.5, 0.6) is 5.75 Å². The summed E-state index contributed by atoms with van der Waals surface area (Å²) >= 11 is 0. The van der Waals surface area contributed by atoms with Gasteiger partial charge in [0.2, 0.25) is 16.3 Å². The molecule has 0 saturated carbocycles. The van der Waals surface area contributed by atoms with Gasteiger partial charge in [0, 0.05) is 11.3 Å². The molecule has 0 bridgehead atoms. The van der Waals surface area contributed by atoms with Crippen molar-refractivity contribution in [2.75, 3.05) is 17.6 Å². The Bertz CT molecular complexity index is 1220. The lowest BCUT2D eigenvalue weighted by Gasteiger charge is -2.39. The maximum absolute atomic E-state index is 11.4. The summed E-state index contributed by atoms with van der Waals surface area (Å²) in [6, 6.07) is 12.2. The van der Waals surface area contributed by atoms with Gasteiger partial charge in [-0.05, 0) is 42.7 Å². The predicted octanol–water partition coefficient (Wildman–Crippen LogP) is 0.768. The third-order valence-corrected chi connectivity index (χ3v) is 6.28. The van der Waals surface area contributed by atoms with Gasteiger partial charge in [-0.2, -0.15) is 0 Å². The second kappa shape index (κ2) is 9.90. The zero-order chi connectivity index (χ0) is 24.5. The zero-order valence-electron chi connectivity index (χ0n) is 18.4. The molecule has 11 heteroatoms. The number of aliphatic hydroxyl groups is 4. The lowest BCUT2D eigenvalue weighted by Crippen LogP contribution is -2.60. The molecule has 1 aromatic heterocycles. The Morgan fingerprint density at radius 1 is 1.00 bits per heavy atom. The summed E-state index contributed by atoms with van der Waals surface area (Å²) in [4.78, 5) is 0. The molecule has 0 spiro atoms. The number of aliphatic hydroxyl groups excluding tert-OH is 4. The van der Waals surface area contributed by atoms with Gasteiger partial charge in [0.05, 0.1) is 24.5 Å². The van der Waals surface area contributed by atoms with Crippen molar-refractivity contribution >= 4 is 26.7 Å². The molecule has 34 heavy (non-hydrogen) atoms. The summed E-state index contributed by atoms with van der Waals surface area (Å²) < 4.78 is 42.1. The molecule has 2 heterocycles. The monoisotopic (exact) mass is 493 g/mol. The first-order valence-electron chi connectivity index (χ1n) is 10.7. The van der Waals surface area contributed by atoms with Crippen LogP contribution in [0.1, 0.15) is 11.1 Å². The first-order valence-corrected chi connectivity index (χ1v) is 12.6. The van der Waals surface area contributed by atoms with E-state index in [1.54, 1.807) is 36.6 Å². The fourth-order valence-electron chi connectivity index (χ4n) is 3.92. The fraction of sp³-hybridized carbons (Fsp3) is 0.391. The standard InChI is InChI=1S/C23H27NO9S/c1-34(29,30)24-15-9-6-13(7-10-15)5-8-14-12-31-16-3-2-4-17(19(14)16)32-23-22(28)21(27)20(26)18(11-25)33-23/h2-4,6-7,9-10,12,18,20-28H,5,8,11H2,1H3/t18-,20-,21+,22-,23-/m1/s1. The van der Waals surface area contributed by atoms with Crippen LogP contribution in [0, 0.1) is 0 Å². The van der Waals surface area contributed by atoms with Crippen molar-refractivity contribution < 1.29 is 42.7 Å². The third-order valence-electron chi connectivity index (χ3n) is 5.67. The van der Waals surface area contributed by atoms with Gasteiger partial charge in [-0.15, -0.1) is 0 Å². The van der Waals surface area contributed by atoms with Crippen molar-refractivity contribution in [2.45, 2.75) is 43.5 Å². The number of aryl methyl sites for hydroxylation is 2. The SMILES string of the molecule is CS(=O)(=O)Nc1ccc(CCc2coc3cccc(O[C@@H]4O[C@H](CO)[C@@H](O)[C@H](O)[C@H]4O)c23)cc1. The number of fused-ring (bicyclic) bond motifs is 1. The van der Waals surface area contributed by atoms with Crippen LogP contribution in [0.2, 0.25) is 0 Å². The molecule has 0 radical (unpaired) electrons. The van der Waals surface area contributed by atoms with Gasteiger partial charge in [0.15, 0.2) is 0 Å². The van der Waals surface area contributed by atoms with E-state index in [9.17, 15) is 28.8 Å². The Kier molecular flexibility index (Phi) is 7.12. The highest BCUT2D eigenvalue weighted by Gasteiger charge is 2.44. The Morgan fingerprint density at radius 3 is 2.41 bits per heavy atom. The van der Waals surface area contributed by atoms with E-state index < -0.39 is 47.3 Å². The van der Waals surface area contributed by atoms with E-state index in [0.29, 0.717) is 35.2 Å². The van der Waals surface area contributed by atoms with Crippen LogP contribution in [0.15, 0.2) is 53.1 Å². The minimum Gasteiger partial charge on any atom is -0.464 e. The zero-order valence-corrected chi connectivity index (χ0v) is 19.2. The van der Waals surface area contributed by atoms with E-state index in [1.807, 2.05) is 12.1 Å². The number of anilines is 1. The van der Waals surface area contributed by atoms with Gasteiger partial charge in [-0.3, -0.25) is 4.72 Å². The van der Waals surface area contributed by atoms with Gasteiger partial charge in [0.1, 0.15) is 35.7 Å². The van der Waals surface area contributed by atoms with Crippen LogP contribution < -0.4 is 9.46 Å². The van der Waals surface area contributed by atoms with Crippen LogP contribution in [-0.2, 0) is 27.6 Å². The van der Waals surface area contributed by atoms with E-state index in [0.717, 1.165) is 17.4 Å². The molecule has 1 fully saturated rings. The van der Waals surface area contributed by atoms with Crippen molar-refractivity contribution in [1.82, 2.24) is 0 Å². The quantitative estimate of drug-likeness (QED) is 0.305. The summed E-state index contributed by atoms with van der Waals surface area (Å²) in [5.74, 6) is 0.360. The van der Waals surface area contributed by atoms with E-state index in [1.165, 1.54) is 0 Å². The largest absolute Gasteiger partial charge is 0.464 e. The van der Waals surface area contributed by atoms with Crippen molar-refractivity contribution in [3.05, 3.63) is 59.9 Å². The van der Waals surface area contributed by atoms with Crippen LogP contribution >= 0.6 is 0 Å². The number of sulfonamides is 1. The maximum Gasteiger partial charge on any atom is 0.229 e. The van der Waals surface area contributed by atoms with Crippen molar-refractivity contribution in [2.24, 2.45) is 0 Å². The summed E-state index contributed by atoms with van der Waals surface area (Å²) in [5.41, 5.74) is 2.87. The molecule has 0 aliphatic carbocycles. The molecule has 1 aliphatic rings. The Balaban J connectivity index is 1.51. The van der Waals surface area contributed by atoms with Crippen LogP contribution in [0.4, 0.5) is 5.69 Å². The summed E-state index contributed by atoms with van der Waals surface area (Å²) in [5, 5.41) is 40.4. The first-order chi connectivity index (χ1) is 16.2. The fourth-order valence-corrected chi connectivity index (χ4v) is 4.49. The van der Waals surface area contributed by atoms with Crippen molar-refractivity contribution in [3.63, 3.8) is 0 Å². The molecule has 4 rings (SSSR count). The molecule has 184 valence electrons. The van der Waals surface area contributed by atoms with Crippen molar-refractivity contribution in [1.29, 1.82) is 0 Å². The molecular formula is C23H27NO9S. The minimum atomic E-state index is -3.34. The van der Waals surface area contributed by atoms with E-state index in [-0.39, 0.29) is 0 Å². The van der Waals surface area contributed by atoms with Crippen LogP contribution in [0.25, 0.3) is 11.0 Å². The lowest BCUT2D eigenvalue weighted by atomic mass is 9.99. The lowest BCUT2D eigenvalue weighted by molar-refractivity contribution is -0.277. The minimum absolute atomic E-state index is 0.360. The molecule has 0 amide bonds. The average Bonchev–Trinajstić information content (AvgIpc) is 3.22. The predicted molar refractivity (Wildman–Crippen MR) is 123 cm³/mol. The van der Waals surface area contributed by atoms with Crippen LogP contribution in [0.3, 0.4) is 0 Å². The van der Waals surface area contributed by atoms with Crippen molar-refractivity contribution in [3.8, 4) is 5.75 Å². The molecule has 1 saturated heterocycles. The number of nitrogens with one attached hydrogen (secondary N) is 1. The number of hydrogen-bond acceptors (Lipinski definition) is 9. The number of hydrogen-bond donors (Lipinski definition) is 5. The molecule has 2 aromatic carbocycles. The summed E-state index contributed by atoms with van der Waals surface area (Å²) in [6.07, 6.45) is -2.99. The molecule has 1 aliphatic heterocycles. The number of rotatable bonds is 8. The van der Waals surface area contributed by atoms with Gasteiger partial charge in [-0.1, -0.05) is 18.2 Å². The maximum atomic E-state index is 11.4. The second-order valence-electron chi connectivity index (χ2n) is 8.28. The molecule has 5 N–H and O–H groups in total. The number of ether oxygens (including phenoxy) is 2. The Labute approximate surface area is 196 Å². The summed E-state index contributed by atoms with van der Waals surface area (Å²) in [6.45, 7) is -0.551. The molecule has 10 nitrogen and oxygen atoms in total. The van der Waals surface area contributed by atoms with E-state index in [4.69, 9.17) is 13.9 Å². The topological polar surface area (TPSA) is 159 Å². The highest BCUT2D eigenvalue weighted by molar-refractivity contribution is 7.92. The molecular weight excluding hydrogens is 466 g/mol. The van der Waals surface area contributed by atoms with Crippen LogP contribution in [-0.4, -0.2) is 72.4 Å². The molecule has 3 aromatic rings. The highest BCUT2D eigenvalue weighted by atomic mass is 32.2. The first kappa shape index (κ1) is 24.5. The van der Waals surface area contributed by atoms with Gasteiger partial charge >= 0.3 is 0 Å². The number of benzene rings is 2. The summed E-state index contributed by atoms with van der Waals surface area (Å²) in [7, 11) is -3.34. The van der Waals surface area contributed by atoms with E-state index >= 15 is 0 Å². The van der Waals surface area contributed by atoms with E-state index in [2.05, 4.69) is 4.72 Å². The molecule has 5 atom stereocenters. The normalized spacial score (nSPS) is 25.4. The van der Waals surface area contributed by atoms with Gasteiger partial charge in [-0.25, -0.2) is 8.42 Å². The Hall–Kier alpha value is -2.67. The second-order valence-corrected chi connectivity index (χ2v) is 10.0. The third kappa shape index (κ3) is 5.35. The van der Waals surface area contributed by atoms with Gasteiger partial charge < -0.3 is 34.3 Å². The molecule has 0 unspecified atom stereocenters. The Morgan fingerprint density at radius 2 is 1.74 bits per heavy atom. The number of furan rings is 1. The highest BCUT2D eigenvalue weighted by Crippen LogP contribution is 2.34.